The number of aryl methyl sites for hydroxylation is 1. The van der Waals surface area contributed by atoms with Crippen molar-refractivity contribution in [3.63, 3.8) is 0 Å². The summed E-state index contributed by atoms with van der Waals surface area (Å²) in [4.78, 5) is 0. The van der Waals surface area contributed by atoms with Crippen molar-refractivity contribution in [3.05, 3.63) is 58.9 Å². The number of methoxy groups -OCH3 is 1. The number of hydrogen-bond donors (Lipinski definition) is 1. The Hall–Kier alpha value is -2.07. The van der Waals surface area contributed by atoms with Crippen molar-refractivity contribution in [1.29, 1.82) is 0 Å². The van der Waals surface area contributed by atoms with Crippen LogP contribution >= 0.6 is 0 Å². The topological polar surface area (TPSA) is 38.7 Å². The first-order chi connectivity index (χ1) is 10.1. The molecule has 21 heavy (non-hydrogen) atoms. The van der Waals surface area contributed by atoms with Crippen LogP contribution in [0.4, 0.5) is 4.39 Å². The molecule has 0 spiro atoms. The van der Waals surface area contributed by atoms with Gasteiger partial charge in [0.2, 0.25) is 0 Å². The van der Waals surface area contributed by atoms with Crippen LogP contribution in [0.3, 0.4) is 0 Å². The molecular weight excluding hydrogens is 271 g/mol. The van der Waals surface area contributed by atoms with Gasteiger partial charge in [0.05, 0.1) is 13.2 Å². The highest BCUT2D eigenvalue weighted by Crippen LogP contribution is 2.42. The van der Waals surface area contributed by atoms with Gasteiger partial charge in [0.25, 0.3) is 0 Å². The second kappa shape index (κ2) is 5.37. The third kappa shape index (κ3) is 2.59. The summed E-state index contributed by atoms with van der Waals surface area (Å²) in [5.74, 6) is 0.870. The average molecular weight is 288 g/mol. The minimum Gasteiger partial charge on any atom is -0.497 e. The zero-order chi connectivity index (χ0) is 15.0. The molecule has 2 atom stereocenters. The van der Waals surface area contributed by atoms with E-state index >= 15 is 0 Å². The molecule has 0 fully saturated rings. The first-order valence-electron chi connectivity index (χ1n) is 6.87. The molecule has 0 aromatic heterocycles. The lowest BCUT2D eigenvalue weighted by Crippen LogP contribution is -2.20. The molecule has 1 aliphatic rings. The summed E-state index contributed by atoms with van der Waals surface area (Å²) in [7, 11) is 1.57. The van der Waals surface area contributed by atoms with Gasteiger partial charge in [-0.25, -0.2) is 4.39 Å². The van der Waals surface area contributed by atoms with Crippen LogP contribution in [0.1, 0.15) is 35.3 Å². The maximum absolute atomic E-state index is 14.0. The first-order valence-corrected chi connectivity index (χ1v) is 6.87. The third-order valence-corrected chi connectivity index (χ3v) is 3.78. The second-order valence-corrected chi connectivity index (χ2v) is 5.29. The van der Waals surface area contributed by atoms with Gasteiger partial charge in [-0.2, -0.15) is 0 Å². The second-order valence-electron chi connectivity index (χ2n) is 5.29. The molecule has 1 aliphatic heterocycles. The van der Waals surface area contributed by atoms with Gasteiger partial charge in [0, 0.05) is 23.6 Å². The van der Waals surface area contributed by atoms with E-state index in [2.05, 4.69) is 0 Å². The molecule has 0 aliphatic carbocycles. The fraction of sp³-hybridized carbons (Fsp3) is 0.294. The van der Waals surface area contributed by atoms with Gasteiger partial charge >= 0.3 is 0 Å². The van der Waals surface area contributed by atoms with Crippen LogP contribution in [0.2, 0.25) is 0 Å². The van der Waals surface area contributed by atoms with E-state index in [9.17, 15) is 9.50 Å². The van der Waals surface area contributed by atoms with Crippen molar-refractivity contribution in [1.82, 2.24) is 0 Å². The van der Waals surface area contributed by atoms with Gasteiger partial charge in [-0.15, -0.1) is 0 Å². The lowest BCUT2D eigenvalue weighted by Gasteiger charge is -2.30. The van der Waals surface area contributed by atoms with Crippen LogP contribution in [0, 0.1) is 12.7 Å². The van der Waals surface area contributed by atoms with Gasteiger partial charge in [0.1, 0.15) is 23.4 Å². The van der Waals surface area contributed by atoms with Crippen molar-refractivity contribution < 1.29 is 19.0 Å². The SMILES string of the molecule is COc1ccc2c(c1)OC(c1cc(C)ccc1F)C[C@H]2O. The molecule has 1 heterocycles. The predicted molar refractivity (Wildman–Crippen MR) is 77.1 cm³/mol. The van der Waals surface area contributed by atoms with Crippen molar-refractivity contribution in [2.24, 2.45) is 0 Å². The fourth-order valence-corrected chi connectivity index (χ4v) is 2.65. The number of rotatable bonds is 2. The van der Waals surface area contributed by atoms with Crippen molar-refractivity contribution in [2.45, 2.75) is 25.6 Å². The predicted octanol–water partition coefficient (Wildman–Crippen LogP) is 3.70. The monoisotopic (exact) mass is 288 g/mol. The third-order valence-electron chi connectivity index (χ3n) is 3.78. The number of ether oxygens (including phenoxy) is 2. The van der Waals surface area contributed by atoms with E-state index < -0.39 is 12.2 Å². The maximum Gasteiger partial charge on any atom is 0.130 e. The van der Waals surface area contributed by atoms with E-state index in [1.165, 1.54) is 6.07 Å². The van der Waals surface area contributed by atoms with Crippen LogP contribution in [0.15, 0.2) is 36.4 Å². The van der Waals surface area contributed by atoms with Crippen molar-refractivity contribution in [3.8, 4) is 11.5 Å². The molecule has 2 aromatic rings. The van der Waals surface area contributed by atoms with Crippen LogP contribution < -0.4 is 9.47 Å². The van der Waals surface area contributed by atoms with E-state index in [-0.39, 0.29) is 5.82 Å². The van der Waals surface area contributed by atoms with Gasteiger partial charge in [-0.05, 0) is 31.2 Å². The summed E-state index contributed by atoms with van der Waals surface area (Å²) in [6, 6.07) is 10.2. The minimum atomic E-state index is -0.676. The largest absolute Gasteiger partial charge is 0.497 e. The summed E-state index contributed by atoms with van der Waals surface area (Å²) in [6.07, 6.45) is -0.844. The standard InChI is InChI=1S/C17H17FO3/c1-10-3-6-14(18)13(7-10)17-9-15(19)12-5-4-11(20-2)8-16(12)21-17/h3-8,15,17,19H,9H2,1-2H3/t15-,17?/m1/s1. The quantitative estimate of drug-likeness (QED) is 0.915. The lowest BCUT2D eigenvalue weighted by atomic mass is 9.94. The highest BCUT2D eigenvalue weighted by molar-refractivity contribution is 5.44. The minimum absolute atomic E-state index is 0.316. The Balaban J connectivity index is 1.98. The molecule has 3 rings (SSSR count). The Labute approximate surface area is 122 Å². The average Bonchev–Trinajstić information content (AvgIpc) is 2.49. The zero-order valence-electron chi connectivity index (χ0n) is 12.0. The van der Waals surface area contributed by atoms with E-state index in [1.54, 1.807) is 37.4 Å². The number of hydrogen-bond acceptors (Lipinski definition) is 3. The van der Waals surface area contributed by atoms with Crippen LogP contribution in [-0.2, 0) is 0 Å². The van der Waals surface area contributed by atoms with Gasteiger partial charge in [0.15, 0.2) is 0 Å². The molecule has 2 aromatic carbocycles. The molecule has 4 heteroatoms. The maximum atomic E-state index is 14.0. The van der Waals surface area contributed by atoms with Gasteiger partial charge in [-0.1, -0.05) is 11.6 Å². The fourth-order valence-electron chi connectivity index (χ4n) is 2.65. The number of fused-ring (bicyclic) bond motifs is 1. The first kappa shape index (κ1) is 13.9. The number of aliphatic hydroxyl groups excluding tert-OH is 1. The summed E-state index contributed by atoms with van der Waals surface area (Å²) in [5.41, 5.74) is 2.14. The summed E-state index contributed by atoms with van der Waals surface area (Å²) < 4.78 is 25.1. The van der Waals surface area contributed by atoms with E-state index in [4.69, 9.17) is 9.47 Å². The molecule has 110 valence electrons. The molecule has 0 bridgehead atoms. The summed E-state index contributed by atoms with van der Waals surface area (Å²) in [5, 5.41) is 10.3. The highest BCUT2D eigenvalue weighted by atomic mass is 19.1. The van der Waals surface area contributed by atoms with Crippen molar-refractivity contribution in [2.75, 3.05) is 7.11 Å². The lowest BCUT2D eigenvalue weighted by molar-refractivity contribution is 0.0637. The zero-order valence-corrected chi connectivity index (χ0v) is 12.0. The molecule has 0 saturated carbocycles. The normalized spacial score (nSPS) is 20.6. The van der Waals surface area contributed by atoms with Gasteiger partial charge in [-0.3, -0.25) is 0 Å². The van der Waals surface area contributed by atoms with Crippen LogP contribution in [0.5, 0.6) is 11.5 Å². The van der Waals surface area contributed by atoms with Gasteiger partial charge < -0.3 is 14.6 Å². The highest BCUT2D eigenvalue weighted by Gasteiger charge is 2.30. The molecule has 0 amide bonds. The smallest absolute Gasteiger partial charge is 0.130 e. The van der Waals surface area contributed by atoms with E-state index in [0.717, 1.165) is 5.56 Å². The van der Waals surface area contributed by atoms with Crippen molar-refractivity contribution >= 4 is 0 Å². The summed E-state index contributed by atoms with van der Waals surface area (Å²) >= 11 is 0. The Kier molecular flexibility index (Phi) is 3.55. The Bertz CT molecular complexity index is 669. The van der Waals surface area contributed by atoms with Crippen LogP contribution in [0.25, 0.3) is 0 Å². The number of halogens is 1. The Morgan fingerprint density at radius 1 is 1.19 bits per heavy atom. The summed E-state index contributed by atoms with van der Waals surface area (Å²) in [6.45, 7) is 1.90. The van der Waals surface area contributed by atoms with E-state index in [0.29, 0.717) is 29.0 Å². The van der Waals surface area contributed by atoms with E-state index in [1.807, 2.05) is 6.92 Å². The Morgan fingerprint density at radius 3 is 2.76 bits per heavy atom. The molecule has 3 nitrogen and oxygen atoms in total. The molecule has 0 saturated heterocycles. The van der Waals surface area contributed by atoms with Crippen LogP contribution in [-0.4, -0.2) is 12.2 Å². The molecule has 1 N–H and O–H groups in total. The Morgan fingerprint density at radius 2 is 2.00 bits per heavy atom. The molecular formula is C17H17FO3. The number of aliphatic hydroxyl groups is 1. The molecule has 1 unspecified atom stereocenters. The molecule has 0 radical (unpaired) electrons. The number of benzene rings is 2.